The Morgan fingerprint density at radius 2 is 2.26 bits per heavy atom. The third kappa shape index (κ3) is 2.42. The van der Waals surface area contributed by atoms with Gasteiger partial charge in [-0.05, 0) is 12.1 Å². The fraction of sp³-hybridized carbons (Fsp3) is 0.214. The van der Waals surface area contributed by atoms with E-state index in [0.29, 0.717) is 13.2 Å². The van der Waals surface area contributed by atoms with Crippen molar-refractivity contribution in [3.63, 3.8) is 0 Å². The molecule has 4 nitrogen and oxygen atoms in total. The molecule has 0 amide bonds. The van der Waals surface area contributed by atoms with Crippen LogP contribution in [0, 0.1) is 0 Å². The maximum absolute atomic E-state index is 5.95. The molecule has 1 aliphatic rings. The molecule has 3 rings (SSSR count). The zero-order chi connectivity index (χ0) is 13.1. The van der Waals surface area contributed by atoms with Crippen molar-refractivity contribution < 1.29 is 9.47 Å². The van der Waals surface area contributed by atoms with E-state index < -0.39 is 0 Å². The molecule has 0 spiro atoms. The lowest BCUT2D eigenvalue weighted by Crippen LogP contribution is -2.22. The first-order chi connectivity index (χ1) is 9.38. The molecule has 0 bridgehead atoms. The summed E-state index contributed by atoms with van der Waals surface area (Å²) in [4.78, 5) is 4.38. The summed E-state index contributed by atoms with van der Waals surface area (Å²) in [6.07, 6.45) is 1.64. The number of anilines is 1. The van der Waals surface area contributed by atoms with Gasteiger partial charge in [-0.2, -0.15) is 0 Å². The molecule has 0 saturated heterocycles. The summed E-state index contributed by atoms with van der Waals surface area (Å²) in [5.41, 5.74) is 2.70. The SMILES string of the molecule is C=CCNc1scnc1C1COc2ccccc2O1. The Kier molecular flexibility index (Phi) is 3.37. The second-order valence-corrected chi connectivity index (χ2v) is 4.96. The number of fused-ring (bicyclic) bond motifs is 1. The Bertz CT molecular complexity index is 582. The van der Waals surface area contributed by atoms with E-state index in [4.69, 9.17) is 9.47 Å². The summed E-state index contributed by atoms with van der Waals surface area (Å²) < 4.78 is 11.7. The number of rotatable bonds is 4. The quantitative estimate of drug-likeness (QED) is 0.869. The number of thiazole rings is 1. The molecule has 1 atom stereocenters. The molecular weight excluding hydrogens is 260 g/mol. The number of para-hydroxylation sites is 2. The maximum atomic E-state index is 5.95. The van der Waals surface area contributed by atoms with Crippen LogP contribution in [0.3, 0.4) is 0 Å². The molecule has 98 valence electrons. The summed E-state index contributed by atoms with van der Waals surface area (Å²) >= 11 is 1.56. The summed E-state index contributed by atoms with van der Waals surface area (Å²) in [7, 11) is 0. The maximum Gasteiger partial charge on any atom is 0.177 e. The van der Waals surface area contributed by atoms with E-state index in [0.717, 1.165) is 22.2 Å². The van der Waals surface area contributed by atoms with Crippen LogP contribution in [0.5, 0.6) is 11.5 Å². The predicted molar refractivity (Wildman–Crippen MR) is 76.1 cm³/mol. The first-order valence-electron chi connectivity index (χ1n) is 6.05. The highest BCUT2D eigenvalue weighted by Gasteiger charge is 2.26. The molecule has 19 heavy (non-hydrogen) atoms. The predicted octanol–water partition coefficient (Wildman–Crippen LogP) is 3.25. The monoisotopic (exact) mass is 274 g/mol. The van der Waals surface area contributed by atoms with Crippen LogP contribution in [-0.2, 0) is 0 Å². The highest BCUT2D eigenvalue weighted by Crippen LogP contribution is 2.38. The lowest BCUT2D eigenvalue weighted by molar-refractivity contribution is 0.0892. The molecule has 0 radical (unpaired) electrons. The summed E-state index contributed by atoms with van der Waals surface area (Å²) in [5, 5.41) is 4.27. The Morgan fingerprint density at radius 3 is 3.11 bits per heavy atom. The van der Waals surface area contributed by atoms with E-state index in [1.165, 1.54) is 0 Å². The third-order valence-electron chi connectivity index (χ3n) is 2.82. The van der Waals surface area contributed by atoms with Gasteiger partial charge in [0, 0.05) is 6.54 Å². The second-order valence-electron chi connectivity index (χ2n) is 4.10. The van der Waals surface area contributed by atoms with Crippen molar-refractivity contribution in [3.8, 4) is 11.5 Å². The lowest BCUT2D eigenvalue weighted by atomic mass is 10.2. The van der Waals surface area contributed by atoms with Gasteiger partial charge in [0.25, 0.3) is 0 Å². The van der Waals surface area contributed by atoms with Crippen LogP contribution in [0.15, 0.2) is 42.4 Å². The fourth-order valence-electron chi connectivity index (χ4n) is 1.94. The Balaban J connectivity index is 1.81. The topological polar surface area (TPSA) is 43.4 Å². The van der Waals surface area contributed by atoms with Gasteiger partial charge in [-0.1, -0.05) is 18.2 Å². The third-order valence-corrected chi connectivity index (χ3v) is 3.62. The van der Waals surface area contributed by atoms with Crippen molar-refractivity contribution in [2.45, 2.75) is 6.10 Å². The molecule has 1 unspecified atom stereocenters. The lowest BCUT2D eigenvalue weighted by Gasteiger charge is -2.26. The average Bonchev–Trinajstić information content (AvgIpc) is 2.93. The van der Waals surface area contributed by atoms with E-state index in [2.05, 4.69) is 16.9 Å². The van der Waals surface area contributed by atoms with E-state index in [-0.39, 0.29) is 6.10 Å². The van der Waals surface area contributed by atoms with Gasteiger partial charge in [0.15, 0.2) is 17.6 Å². The van der Waals surface area contributed by atoms with Gasteiger partial charge in [0.1, 0.15) is 17.3 Å². The van der Waals surface area contributed by atoms with Gasteiger partial charge in [-0.15, -0.1) is 17.9 Å². The van der Waals surface area contributed by atoms with Gasteiger partial charge in [-0.3, -0.25) is 0 Å². The van der Waals surface area contributed by atoms with Crippen LogP contribution in [0.2, 0.25) is 0 Å². The Labute approximate surface area is 115 Å². The first-order valence-corrected chi connectivity index (χ1v) is 6.93. The van der Waals surface area contributed by atoms with Crippen LogP contribution in [0.25, 0.3) is 0 Å². The van der Waals surface area contributed by atoms with Crippen LogP contribution >= 0.6 is 11.3 Å². The van der Waals surface area contributed by atoms with E-state index in [9.17, 15) is 0 Å². The van der Waals surface area contributed by atoms with Gasteiger partial charge < -0.3 is 14.8 Å². The van der Waals surface area contributed by atoms with Crippen molar-refractivity contribution in [1.29, 1.82) is 0 Å². The minimum atomic E-state index is -0.173. The first kappa shape index (κ1) is 12.0. The number of benzene rings is 1. The molecule has 2 heterocycles. The highest BCUT2D eigenvalue weighted by atomic mass is 32.1. The summed E-state index contributed by atoms with van der Waals surface area (Å²) in [5.74, 6) is 1.55. The molecule has 1 aliphatic heterocycles. The number of hydrogen-bond acceptors (Lipinski definition) is 5. The van der Waals surface area contributed by atoms with E-state index in [1.54, 1.807) is 11.3 Å². The number of ether oxygens (including phenoxy) is 2. The second kappa shape index (κ2) is 5.32. The van der Waals surface area contributed by atoms with Crippen LogP contribution in [-0.4, -0.2) is 18.1 Å². The normalized spacial score (nSPS) is 16.9. The van der Waals surface area contributed by atoms with Crippen LogP contribution in [0.1, 0.15) is 11.8 Å². The standard InChI is InChI=1S/C14H14N2O2S/c1-2-7-15-14-13(16-9-19-14)12-8-17-10-5-3-4-6-11(10)18-12/h2-6,9,12,15H,1,7-8H2. The number of aromatic nitrogens is 1. The molecule has 5 heteroatoms. The van der Waals surface area contributed by atoms with Crippen molar-refractivity contribution in [2.75, 3.05) is 18.5 Å². The Hall–Kier alpha value is -2.01. The molecule has 0 saturated carbocycles. The van der Waals surface area contributed by atoms with Crippen molar-refractivity contribution in [2.24, 2.45) is 0 Å². The molecular formula is C14H14N2O2S. The van der Waals surface area contributed by atoms with E-state index in [1.807, 2.05) is 35.9 Å². The van der Waals surface area contributed by atoms with Crippen LogP contribution < -0.4 is 14.8 Å². The number of nitrogens with one attached hydrogen (secondary N) is 1. The van der Waals surface area contributed by atoms with Gasteiger partial charge in [0.05, 0.1) is 5.51 Å². The molecule has 0 aliphatic carbocycles. The van der Waals surface area contributed by atoms with Crippen molar-refractivity contribution in [3.05, 3.63) is 48.1 Å². The summed E-state index contributed by atoms with van der Waals surface area (Å²) in [6, 6.07) is 7.68. The van der Waals surface area contributed by atoms with E-state index >= 15 is 0 Å². The number of nitrogens with zero attached hydrogens (tertiary/aromatic N) is 1. The molecule has 0 fully saturated rings. The number of hydrogen-bond donors (Lipinski definition) is 1. The van der Waals surface area contributed by atoms with Gasteiger partial charge in [0.2, 0.25) is 0 Å². The average molecular weight is 274 g/mol. The molecule has 1 N–H and O–H groups in total. The highest BCUT2D eigenvalue weighted by molar-refractivity contribution is 7.14. The van der Waals surface area contributed by atoms with Crippen molar-refractivity contribution in [1.82, 2.24) is 4.98 Å². The zero-order valence-corrected chi connectivity index (χ0v) is 11.2. The molecule has 2 aromatic rings. The smallest absolute Gasteiger partial charge is 0.177 e. The summed E-state index contributed by atoms with van der Waals surface area (Å²) in [6.45, 7) is 4.88. The Morgan fingerprint density at radius 1 is 1.42 bits per heavy atom. The largest absolute Gasteiger partial charge is 0.485 e. The molecule has 1 aromatic carbocycles. The minimum Gasteiger partial charge on any atom is -0.485 e. The van der Waals surface area contributed by atoms with Crippen molar-refractivity contribution >= 4 is 16.3 Å². The zero-order valence-electron chi connectivity index (χ0n) is 10.3. The molecule has 1 aromatic heterocycles. The fourth-order valence-corrected chi connectivity index (χ4v) is 2.68. The van der Waals surface area contributed by atoms with Gasteiger partial charge in [-0.25, -0.2) is 4.98 Å². The van der Waals surface area contributed by atoms with Crippen LogP contribution in [0.4, 0.5) is 5.00 Å². The van der Waals surface area contributed by atoms with Gasteiger partial charge >= 0.3 is 0 Å². The minimum absolute atomic E-state index is 0.173.